The second kappa shape index (κ2) is 5.30. The summed E-state index contributed by atoms with van der Waals surface area (Å²) < 4.78 is 6.11. The minimum Gasteiger partial charge on any atom is -0.488 e. The predicted octanol–water partition coefficient (Wildman–Crippen LogP) is 5.21. The van der Waals surface area contributed by atoms with Crippen LogP contribution in [-0.2, 0) is 0 Å². The quantitative estimate of drug-likeness (QED) is 0.690. The summed E-state index contributed by atoms with van der Waals surface area (Å²) in [6.07, 6.45) is 3.19. The Morgan fingerprint density at radius 2 is 2.00 bits per heavy atom. The van der Waals surface area contributed by atoms with Gasteiger partial charge in [0, 0.05) is 17.2 Å². The molecule has 0 aliphatic heterocycles. The van der Waals surface area contributed by atoms with Crippen molar-refractivity contribution in [2.45, 2.75) is 51.5 Å². The number of hydrogen-bond acceptors (Lipinski definition) is 1. The Morgan fingerprint density at radius 1 is 1.33 bits per heavy atom. The van der Waals surface area contributed by atoms with E-state index in [0.717, 1.165) is 30.6 Å². The number of hydrogen-bond donors (Lipinski definition) is 0. The molecule has 3 heteroatoms. The lowest BCUT2D eigenvalue weighted by Gasteiger charge is -2.52. The fraction of sp³-hybridized carbons (Fsp3) is 0.600. The molecule has 0 bridgehead atoms. The van der Waals surface area contributed by atoms with Crippen molar-refractivity contribution in [3.05, 3.63) is 28.8 Å². The molecule has 1 aromatic rings. The van der Waals surface area contributed by atoms with Gasteiger partial charge in [-0.3, -0.25) is 0 Å². The zero-order valence-corrected chi connectivity index (χ0v) is 12.7. The van der Waals surface area contributed by atoms with Crippen LogP contribution < -0.4 is 4.74 Å². The Bertz CT molecular complexity index is 427. The van der Waals surface area contributed by atoms with Crippen molar-refractivity contribution in [1.29, 1.82) is 0 Å². The molecule has 2 unspecified atom stereocenters. The average Bonchev–Trinajstić information content (AvgIpc) is 2.35. The van der Waals surface area contributed by atoms with Crippen LogP contribution in [0.3, 0.4) is 0 Å². The molecule has 100 valence electrons. The Morgan fingerprint density at radius 3 is 2.56 bits per heavy atom. The number of alkyl halides is 1. The van der Waals surface area contributed by atoms with E-state index in [2.05, 4.69) is 13.8 Å². The van der Waals surface area contributed by atoms with Gasteiger partial charge in [0.2, 0.25) is 0 Å². The Balaban J connectivity index is 2.17. The zero-order chi connectivity index (χ0) is 13.3. The molecule has 0 amide bonds. The van der Waals surface area contributed by atoms with Crippen LogP contribution in [0.4, 0.5) is 0 Å². The molecule has 0 aromatic heterocycles. The summed E-state index contributed by atoms with van der Waals surface area (Å²) in [5, 5.41) is 0.904. The lowest BCUT2D eigenvalue weighted by Crippen LogP contribution is -2.56. The maximum atomic E-state index is 6.39. The molecule has 0 radical (unpaired) electrons. The van der Waals surface area contributed by atoms with Gasteiger partial charge in [0.25, 0.3) is 0 Å². The van der Waals surface area contributed by atoms with Crippen LogP contribution in [0.15, 0.2) is 18.2 Å². The SMILES string of the molecule is CCC1(CC)C(Cl)CC1Oc1cc(C)ccc1Cl. The Hall–Kier alpha value is -0.400. The summed E-state index contributed by atoms with van der Waals surface area (Å²) in [6, 6.07) is 5.88. The van der Waals surface area contributed by atoms with Gasteiger partial charge in [-0.25, -0.2) is 0 Å². The van der Waals surface area contributed by atoms with E-state index in [1.807, 2.05) is 25.1 Å². The number of ether oxygens (including phenoxy) is 1. The third kappa shape index (κ3) is 2.23. The highest BCUT2D eigenvalue weighted by Gasteiger charge is 2.53. The normalized spacial score (nSPS) is 25.6. The van der Waals surface area contributed by atoms with Gasteiger partial charge >= 0.3 is 0 Å². The van der Waals surface area contributed by atoms with Crippen molar-refractivity contribution >= 4 is 23.2 Å². The summed E-state index contributed by atoms with van der Waals surface area (Å²) >= 11 is 12.6. The minimum atomic E-state index is 0.106. The first-order chi connectivity index (χ1) is 8.53. The van der Waals surface area contributed by atoms with Crippen LogP contribution >= 0.6 is 23.2 Å². The molecule has 1 aliphatic rings. The van der Waals surface area contributed by atoms with Gasteiger partial charge in [-0.05, 0) is 37.5 Å². The zero-order valence-electron chi connectivity index (χ0n) is 11.2. The lowest BCUT2D eigenvalue weighted by atomic mass is 9.62. The predicted molar refractivity (Wildman–Crippen MR) is 77.9 cm³/mol. The van der Waals surface area contributed by atoms with Crippen molar-refractivity contribution in [3.63, 3.8) is 0 Å². The van der Waals surface area contributed by atoms with Crippen molar-refractivity contribution in [3.8, 4) is 5.75 Å². The van der Waals surface area contributed by atoms with E-state index in [1.54, 1.807) is 0 Å². The van der Waals surface area contributed by atoms with Gasteiger partial charge in [-0.2, -0.15) is 0 Å². The molecule has 1 fully saturated rings. The van der Waals surface area contributed by atoms with Gasteiger partial charge in [-0.15, -0.1) is 11.6 Å². The molecule has 0 saturated heterocycles. The van der Waals surface area contributed by atoms with Gasteiger partial charge in [-0.1, -0.05) is 31.5 Å². The van der Waals surface area contributed by atoms with Crippen molar-refractivity contribution < 1.29 is 4.74 Å². The lowest BCUT2D eigenvalue weighted by molar-refractivity contribution is -0.0461. The van der Waals surface area contributed by atoms with E-state index in [1.165, 1.54) is 0 Å². The standard InChI is InChI=1S/C15H20Cl2O/c1-4-15(5-2)13(17)9-14(15)18-12-8-10(3)6-7-11(12)16/h6-8,13-14H,4-5,9H2,1-3H3. The van der Waals surface area contributed by atoms with E-state index in [0.29, 0.717) is 5.02 Å². The van der Waals surface area contributed by atoms with Crippen molar-refractivity contribution in [2.75, 3.05) is 0 Å². The van der Waals surface area contributed by atoms with Crippen LogP contribution in [0.2, 0.25) is 5.02 Å². The van der Waals surface area contributed by atoms with Gasteiger partial charge < -0.3 is 4.74 Å². The number of aryl methyl sites for hydroxylation is 1. The Labute approximate surface area is 119 Å². The molecule has 18 heavy (non-hydrogen) atoms. The van der Waals surface area contributed by atoms with Crippen molar-refractivity contribution in [1.82, 2.24) is 0 Å². The topological polar surface area (TPSA) is 9.23 Å². The van der Waals surface area contributed by atoms with Crippen LogP contribution in [0.25, 0.3) is 0 Å². The fourth-order valence-electron chi connectivity index (χ4n) is 2.87. The van der Waals surface area contributed by atoms with Crippen LogP contribution in [0.5, 0.6) is 5.75 Å². The third-order valence-electron chi connectivity index (χ3n) is 4.36. The van der Waals surface area contributed by atoms with Gasteiger partial charge in [0.1, 0.15) is 11.9 Å². The third-order valence-corrected chi connectivity index (χ3v) is 5.28. The summed E-state index contributed by atoms with van der Waals surface area (Å²) in [7, 11) is 0. The first-order valence-corrected chi connectivity index (χ1v) is 7.41. The monoisotopic (exact) mass is 286 g/mol. The maximum absolute atomic E-state index is 6.39. The van der Waals surface area contributed by atoms with E-state index in [4.69, 9.17) is 27.9 Å². The first-order valence-electron chi connectivity index (χ1n) is 6.60. The molecular weight excluding hydrogens is 267 g/mol. The molecule has 0 spiro atoms. The second-order valence-corrected chi connectivity index (χ2v) is 6.12. The Kier molecular flexibility index (Phi) is 4.13. The average molecular weight is 287 g/mol. The molecular formula is C15H20Cl2O. The smallest absolute Gasteiger partial charge is 0.138 e. The molecule has 1 aromatic carbocycles. The summed E-state index contributed by atoms with van der Waals surface area (Å²) in [4.78, 5) is 0. The second-order valence-electron chi connectivity index (χ2n) is 5.18. The van der Waals surface area contributed by atoms with E-state index in [9.17, 15) is 0 Å². The van der Waals surface area contributed by atoms with E-state index in [-0.39, 0.29) is 16.9 Å². The maximum Gasteiger partial charge on any atom is 0.138 e. The van der Waals surface area contributed by atoms with E-state index < -0.39 is 0 Å². The highest BCUT2D eigenvalue weighted by molar-refractivity contribution is 6.32. The molecule has 0 heterocycles. The highest BCUT2D eigenvalue weighted by Crippen LogP contribution is 2.52. The molecule has 1 saturated carbocycles. The number of rotatable bonds is 4. The van der Waals surface area contributed by atoms with Crippen LogP contribution in [-0.4, -0.2) is 11.5 Å². The van der Waals surface area contributed by atoms with Gasteiger partial charge in [0.05, 0.1) is 5.02 Å². The van der Waals surface area contributed by atoms with E-state index >= 15 is 0 Å². The van der Waals surface area contributed by atoms with Gasteiger partial charge in [0.15, 0.2) is 0 Å². The van der Waals surface area contributed by atoms with Crippen LogP contribution in [0, 0.1) is 12.3 Å². The molecule has 1 nitrogen and oxygen atoms in total. The highest BCUT2D eigenvalue weighted by atomic mass is 35.5. The largest absolute Gasteiger partial charge is 0.488 e. The van der Waals surface area contributed by atoms with Crippen LogP contribution in [0.1, 0.15) is 38.7 Å². The molecule has 2 rings (SSSR count). The summed E-state index contributed by atoms with van der Waals surface area (Å²) in [5.74, 6) is 0.788. The van der Waals surface area contributed by atoms with Crippen molar-refractivity contribution in [2.24, 2.45) is 5.41 Å². The fourth-order valence-corrected chi connectivity index (χ4v) is 3.64. The minimum absolute atomic E-state index is 0.106. The first kappa shape index (κ1) is 14.0. The number of benzene rings is 1. The number of halogens is 2. The molecule has 0 N–H and O–H groups in total. The molecule has 2 atom stereocenters. The molecule has 1 aliphatic carbocycles. The summed E-state index contributed by atoms with van der Waals surface area (Å²) in [5.41, 5.74) is 1.27. The summed E-state index contributed by atoms with van der Waals surface area (Å²) in [6.45, 7) is 6.42.